The van der Waals surface area contributed by atoms with Crippen LogP contribution in [0.25, 0.3) is 0 Å². The van der Waals surface area contributed by atoms with Gasteiger partial charge in [-0.15, -0.1) is 11.6 Å². The third-order valence-corrected chi connectivity index (χ3v) is 4.23. The van der Waals surface area contributed by atoms with Crippen LogP contribution in [0.1, 0.15) is 43.7 Å². The summed E-state index contributed by atoms with van der Waals surface area (Å²) in [4.78, 5) is 12.3. The number of carbonyl (C=O) groups excluding carboxylic acids is 1. The molecule has 0 spiro atoms. The number of benzene rings is 1. The number of hydrogen-bond acceptors (Lipinski definition) is 1. The van der Waals surface area contributed by atoms with E-state index in [1.165, 1.54) is 11.1 Å². The molecule has 1 N–H and O–H groups in total. The Balaban J connectivity index is 2.35. The third kappa shape index (κ3) is 2.14. The molecule has 1 heterocycles. The van der Waals surface area contributed by atoms with Crippen LogP contribution in [0.2, 0.25) is 0 Å². The summed E-state index contributed by atoms with van der Waals surface area (Å²) >= 11 is 5.74. The first-order valence-corrected chi connectivity index (χ1v) is 7.16. The zero-order chi connectivity index (χ0) is 13.2. The van der Waals surface area contributed by atoms with Crippen molar-refractivity contribution in [3.63, 3.8) is 0 Å². The number of anilines is 1. The maximum Gasteiger partial charge on any atom is 0.235 e. The van der Waals surface area contributed by atoms with E-state index < -0.39 is 0 Å². The summed E-state index contributed by atoms with van der Waals surface area (Å²) in [6, 6.07) is 6.21. The van der Waals surface area contributed by atoms with E-state index in [1.54, 1.807) is 0 Å². The highest BCUT2D eigenvalue weighted by Crippen LogP contribution is 2.44. The van der Waals surface area contributed by atoms with Gasteiger partial charge in [-0.1, -0.05) is 31.0 Å². The van der Waals surface area contributed by atoms with Gasteiger partial charge in [-0.05, 0) is 37.8 Å². The number of amides is 1. The van der Waals surface area contributed by atoms with Gasteiger partial charge in [-0.2, -0.15) is 0 Å². The lowest BCUT2D eigenvalue weighted by Crippen LogP contribution is -2.33. The number of carbonyl (C=O) groups is 1. The molecule has 3 heteroatoms. The van der Waals surface area contributed by atoms with Crippen molar-refractivity contribution in [2.24, 2.45) is 0 Å². The predicted molar refractivity (Wildman–Crippen MR) is 76.3 cm³/mol. The lowest BCUT2D eigenvalue weighted by atomic mass is 9.75. The van der Waals surface area contributed by atoms with E-state index in [2.05, 4.69) is 25.2 Å². The van der Waals surface area contributed by atoms with Crippen LogP contribution < -0.4 is 5.32 Å². The van der Waals surface area contributed by atoms with Crippen LogP contribution in [0.4, 0.5) is 5.69 Å². The lowest BCUT2D eigenvalue weighted by Gasteiger charge is -2.26. The third-order valence-electron chi connectivity index (χ3n) is 3.96. The fourth-order valence-electron chi connectivity index (χ4n) is 2.82. The summed E-state index contributed by atoms with van der Waals surface area (Å²) in [5.74, 6) is 0.822. The molecule has 1 unspecified atom stereocenters. The number of rotatable bonds is 5. The summed E-state index contributed by atoms with van der Waals surface area (Å²) in [5.41, 5.74) is 3.02. The molecule has 0 radical (unpaired) electrons. The van der Waals surface area contributed by atoms with Gasteiger partial charge >= 0.3 is 0 Å². The number of hydrogen-bond donors (Lipinski definition) is 1. The Morgan fingerprint density at radius 2 is 2.11 bits per heavy atom. The minimum Gasteiger partial charge on any atom is -0.325 e. The summed E-state index contributed by atoms with van der Waals surface area (Å²) < 4.78 is 0. The van der Waals surface area contributed by atoms with E-state index in [4.69, 9.17) is 11.6 Å². The van der Waals surface area contributed by atoms with Gasteiger partial charge in [0, 0.05) is 11.6 Å². The Hall–Kier alpha value is -1.02. The molecule has 0 aromatic heterocycles. The molecule has 0 saturated carbocycles. The molecule has 1 amide bonds. The maximum absolute atomic E-state index is 12.3. The molecular formula is C15H20ClNO. The van der Waals surface area contributed by atoms with Crippen molar-refractivity contribution >= 4 is 23.2 Å². The normalized spacial score (nSPS) is 21.8. The molecule has 1 aromatic carbocycles. The molecule has 1 atom stereocenters. The molecule has 1 aromatic rings. The topological polar surface area (TPSA) is 29.1 Å². The molecule has 18 heavy (non-hydrogen) atoms. The largest absolute Gasteiger partial charge is 0.325 e. The van der Waals surface area contributed by atoms with E-state index in [-0.39, 0.29) is 11.3 Å². The second kappa shape index (κ2) is 5.31. The summed E-state index contributed by atoms with van der Waals surface area (Å²) in [7, 11) is 0. The first kappa shape index (κ1) is 13.4. The molecule has 1 aliphatic heterocycles. The van der Waals surface area contributed by atoms with Crippen LogP contribution in [0, 0.1) is 6.92 Å². The Labute approximate surface area is 114 Å². The Morgan fingerprint density at radius 3 is 2.78 bits per heavy atom. The molecule has 0 fully saturated rings. The van der Waals surface area contributed by atoms with Gasteiger partial charge in [0.15, 0.2) is 0 Å². The fourth-order valence-corrected chi connectivity index (χ4v) is 3.01. The highest BCUT2D eigenvalue weighted by Gasteiger charge is 2.44. The second-order valence-corrected chi connectivity index (χ2v) is 5.46. The first-order valence-electron chi connectivity index (χ1n) is 6.62. The van der Waals surface area contributed by atoms with Gasteiger partial charge in [0.05, 0.1) is 5.41 Å². The fraction of sp³-hybridized carbons (Fsp3) is 0.533. The molecule has 0 saturated heterocycles. The highest BCUT2D eigenvalue weighted by atomic mass is 35.5. The number of aryl methyl sites for hydroxylation is 1. The smallest absolute Gasteiger partial charge is 0.235 e. The Morgan fingerprint density at radius 1 is 1.33 bits per heavy atom. The van der Waals surface area contributed by atoms with Crippen LogP contribution in [0.15, 0.2) is 18.2 Å². The summed E-state index contributed by atoms with van der Waals surface area (Å²) in [6.07, 6.45) is 3.70. The van der Waals surface area contributed by atoms with Gasteiger partial charge in [-0.25, -0.2) is 0 Å². The number of fused-ring (bicyclic) bond motifs is 1. The average Bonchev–Trinajstić information content (AvgIpc) is 2.63. The van der Waals surface area contributed by atoms with Crippen molar-refractivity contribution < 1.29 is 4.79 Å². The van der Waals surface area contributed by atoms with Gasteiger partial charge < -0.3 is 5.32 Å². The SMILES string of the molecule is CCC1(CCCCCl)C(=O)Nc2ccc(C)cc21. The van der Waals surface area contributed by atoms with Crippen molar-refractivity contribution in [2.75, 3.05) is 11.2 Å². The lowest BCUT2D eigenvalue weighted by molar-refractivity contribution is -0.121. The van der Waals surface area contributed by atoms with Crippen molar-refractivity contribution in [2.45, 2.75) is 44.9 Å². The summed E-state index contributed by atoms with van der Waals surface area (Å²) in [5, 5.41) is 3.02. The van der Waals surface area contributed by atoms with Crippen LogP contribution in [-0.4, -0.2) is 11.8 Å². The van der Waals surface area contributed by atoms with Crippen molar-refractivity contribution in [1.82, 2.24) is 0 Å². The van der Waals surface area contributed by atoms with Crippen molar-refractivity contribution in [3.8, 4) is 0 Å². The Kier molecular flexibility index (Phi) is 3.96. The standard InChI is InChI=1S/C15H20ClNO/c1-3-15(8-4-5-9-16)12-10-11(2)6-7-13(12)17-14(15)18/h6-7,10H,3-5,8-9H2,1-2H3,(H,17,18). The van der Waals surface area contributed by atoms with E-state index in [0.29, 0.717) is 5.88 Å². The minimum absolute atomic E-state index is 0.153. The summed E-state index contributed by atoms with van der Waals surface area (Å²) in [6.45, 7) is 4.17. The maximum atomic E-state index is 12.3. The van der Waals surface area contributed by atoms with E-state index in [0.717, 1.165) is 31.4 Å². The van der Waals surface area contributed by atoms with E-state index in [1.807, 2.05) is 12.1 Å². The average molecular weight is 266 g/mol. The van der Waals surface area contributed by atoms with Gasteiger partial charge in [0.2, 0.25) is 5.91 Å². The highest BCUT2D eigenvalue weighted by molar-refractivity contribution is 6.17. The first-order chi connectivity index (χ1) is 8.64. The molecule has 98 valence electrons. The number of unbranched alkanes of at least 4 members (excludes halogenated alkanes) is 1. The number of alkyl halides is 1. The number of halogens is 1. The second-order valence-electron chi connectivity index (χ2n) is 5.08. The van der Waals surface area contributed by atoms with Crippen LogP contribution >= 0.6 is 11.6 Å². The zero-order valence-electron chi connectivity index (χ0n) is 11.1. The Bertz CT molecular complexity index is 458. The van der Waals surface area contributed by atoms with Crippen molar-refractivity contribution in [1.29, 1.82) is 0 Å². The predicted octanol–water partition coefficient (Wildman–Crippen LogP) is 4.00. The molecule has 2 nitrogen and oxygen atoms in total. The number of nitrogens with one attached hydrogen (secondary N) is 1. The van der Waals surface area contributed by atoms with Crippen LogP contribution in [-0.2, 0) is 10.2 Å². The minimum atomic E-state index is -0.340. The van der Waals surface area contributed by atoms with Gasteiger partial charge in [0.1, 0.15) is 0 Å². The monoisotopic (exact) mass is 265 g/mol. The van der Waals surface area contributed by atoms with Gasteiger partial charge in [-0.3, -0.25) is 4.79 Å². The molecule has 0 bridgehead atoms. The molecule has 0 aliphatic carbocycles. The van der Waals surface area contributed by atoms with E-state index in [9.17, 15) is 4.79 Å². The van der Waals surface area contributed by atoms with Crippen LogP contribution in [0.5, 0.6) is 0 Å². The molecule has 2 rings (SSSR count). The van der Waals surface area contributed by atoms with Crippen molar-refractivity contribution in [3.05, 3.63) is 29.3 Å². The molecular weight excluding hydrogens is 246 g/mol. The van der Waals surface area contributed by atoms with E-state index >= 15 is 0 Å². The molecule has 1 aliphatic rings. The quantitative estimate of drug-likeness (QED) is 0.633. The van der Waals surface area contributed by atoms with Gasteiger partial charge in [0.25, 0.3) is 0 Å². The van der Waals surface area contributed by atoms with Crippen LogP contribution in [0.3, 0.4) is 0 Å². The zero-order valence-corrected chi connectivity index (χ0v) is 11.8.